The first-order valence-corrected chi connectivity index (χ1v) is 5.67. The van der Waals surface area contributed by atoms with Crippen LogP contribution in [-0.4, -0.2) is 16.8 Å². The Kier molecular flexibility index (Phi) is 3.04. The summed E-state index contributed by atoms with van der Waals surface area (Å²) in [6.45, 7) is 6.65. The van der Waals surface area contributed by atoms with Gasteiger partial charge >= 0.3 is 0 Å². The van der Waals surface area contributed by atoms with Crippen molar-refractivity contribution in [1.82, 2.24) is 10.2 Å². The van der Waals surface area contributed by atoms with Gasteiger partial charge in [0.1, 0.15) is 11.6 Å². The lowest BCUT2D eigenvalue weighted by atomic mass is 10.1. The second kappa shape index (κ2) is 4.49. The van der Waals surface area contributed by atoms with Crippen molar-refractivity contribution in [2.75, 3.05) is 12.3 Å². The lowest BCUT2D eigenvalue weighted by molar-refractivity contribution is 0.338. The molecule has 0 atom stereocenters. The van der Waals surface area contributed by atoms with Gasteiger partial charge in [-0.25, -0.2) is 0 Å². The Morgan fingerprint density at radius 1 is 1.35 bits per heavy atom. The number of nitrogens with two attached hydrogens (primary N) is 1. The molecular formula is C13H17N3O. The molecule has 4 heteroatoms. The maximum atomic E-state index is 5.73. The van der Waals surface area contributed by atoms with Crippen LogP contribution in [0.25, 0.3) is 11.3 Å². The van der Waals surface area contributed by atoms with Crippen molar-refractivity contribution < 1.29 is 4.74 Å². The van der Waals surface area contributed by atoms with Crippen LogP contribution in [0.5, 0.6) is 5.75 Å². The molecular weight excluding hydrogens is 214 g/mol. The van der Waals surface area contributed by atoms with E-state index in [1.165, 1.54) is 0 Å². The number of nitrogens with one attached hydrogen (secondary N) is 1. The molecule has 0 saturated carbocycles. The third-order valence-electron chi connectivity index (χ3n) is 2.81. The summed E-state index contributed by atoms with van der Waals surface area (Å²) in [4.78, 5) is 0. The highest BCUT2D eigenvalue weighted by atomic mass is 16.5. The molecule has 90 valence electrons. The van der Waals surface area contributed by atoms with Crippen molar-refractivity contribution in [1.29, 1.82) is 0 Å². The van der Waals surface area contributed by atoms with Gasteiger partial charge in [-0.15, -0.1) is 0 Å². The molecule has 0 radical (unpaired) electrons. The van der Waals surface area contributed by atoms with E-state index < -0.39 is 0 Å². The van der Waals surface area contributed by atoms with Crippen LogP contribution in [0.3, 0.4) is 0 Å². The van der Waals surface area contributed by atoms with Crippen LogP contribution in [0, 0.1) is 13.8 Å². The number of nitrogen functional groups attached to an aromatic ring is 1. The number of nitrogens with zero attached hydrogens (tertiary/aromatic N) is 1. The predicted octanol–water partition coefficient (Wildman–Crippen LogP) is 2.67. The van der Waals surface area contributed by atoms with Gasteiger partial charge in [-0.1, -0.05) is 0 Å². The Balaban J connectivity index is 2.41. The Bertz CT molecular complexity index is 531. The van der Waals surface area contributed by atoms with Crippen LogP contribution in [0.4, 0.5) is 5.82 Å². The lowest BCUT2D eigenvalue weighted by Gasteiger charge is -2.08. The van der Waals surface area contributed by atoms with Crippen molar-refractivity contribution in [2.45, 2.75) is 20.8 Å². The summed E-state index contributed by atoms with van der Waals surface area (Å²) < 4.78 is 5.51. The van der Waals surface area contributed by atoms with E-state index in [0.717, 1.165) is 28.1 Å². The van der Waals surface area contributed by atoms with E-state index in [2.05, 4.69) is 16.3 Å². The number of hydrogen-bond donors (Lipinski definition) is 2. The highest BCUT2D eigenvalue weighted by Gasteiger charge is 2.09. The molecule has 0 spiro atoms. The monoisotopic (exact) mass is 231 g/mol. The molecule has 1 aromatic carbocycles. The van der Waals surface area contributed by atoms with Crippen LogP contribution < -0.4 is 10.5 Å². The minimum absolute atomic E-state index is 0.548. The smallest absolute Gasteiger partial charge is 0.148 e. The molecule has 0 bridgehead atoms. The minimum atomic E-state index is 0.548. The van der Waals surface area contributed by atoms with Crippen LogP contribution in [0.15, 0.2) is 18.2 Å². The number of aromatic amines is 1. The molecule has 0 unspecified atom stereocenters. The van der Waals surface area contributed by atoms with E-state index in [0.29, 0.717) is 12.4 Å². The zero-order chi connectivity index (χ0) is 12.4. The normalized spacial score (nSPS) is 10.5. The first kappa shape index (κ1) is 11.5. The molecule has 0 amide bonds. The van der Waals surface area contributed by atoms with Crippen molar-refractivity contribution in [3.05, 3.63) is 29.3 Å². The van der Waals surface area contributed by atoms with Crippen molar-refractivity contribution in [3.8, 4) is 17.0 Å². The number of anilines is 1. The fraction of sp³-hybridized carbons (Fsp3) is 0.308. The van der Waals surface area contributed by atoms with E-state index in [9.17, 15) is 0 Å². The number of ether oxygens (including phenoxy) is 1. The second-order valence-corrected chi connectivity index (χ2v) is 4.02. The van der Waals surface area contributed by atoms with Crippen LogP contribution in [0.2, 0.25) is 0 Å². The summed E-state index contributed by atoms with van der Waals surface area (Å²) in [6.07, 6.45) is 0. The molecule has 0 aliphatic rings. The molecule has 0 aliphatic heterocycles. The number of aryl methyl sites for hydroxylation is 1. The van der Waals surface area contributed by atoms with Gasteiger partial charge in [-0.3, -0.25) is 5.10 Å². The summed E-state index contributed by atoms with van der Waals surface area (Å²) >= 11 is 0. The van der Waals surface area contributed by atoms with Crippen LogP contribution in [0.1, 0.15) is 18.1 Å². The van der Waals surface area contributed by atoms with Crippen LogP contribution >= 0.6 is 0 Å². The summed E-state index contributed by atoms with van der Waals surface area (Å²) in [7, 11) is 0. The molecule has 3 N–H and O–H groups in total. The third kappa shape index (κ3) is 2.11. The first-order valence-electron chi connectivity index (χ1n) is 5.67. The zero-order valence-corrected chi connectivity index (χ0v) is 10.4. The molecule has 0 aliphatic carbocycles. The Morgan fingerprint density at radius 3 is 2.65 bits per heavy atom. The average Bonchev–Trinajstić information content (AvgIpc) is 2.63. The molecule has 1 aromatic heterocycles. The van der Waals surface area contributed by atoms with Crippen molar-refractivity contribution in [3.63, 3.8) is 0 Å². The predicted molar refractivity (Wildman–Crippen MR) is 69.1 cm³/mol. The van der Waals surface area contributed by atoms with Gasteiger partial charge < -0.3 is 10.5 Å². The topological polar surface area (TPSA) is 63.9 Å². The second-order valence-electron chi connectivity index (χ2n) is 4.02. The van der Waals surface area contributed by atoms with Gasteiger partial charge in [0.2, 0.25) is 0 Å². The Hall–Kier alpha value is -1.97. The number of hydrogen-bond acceptors (Lipinski definition) is 3. The highest BCUT2D eigenvalue weighted by molar-refractivity contribution is 5.69. The SMILES string of the molecule is CCOc1ccc(-c2[nH]nc(N)c2C)cc1C. The lowest BCUT2D eigenvalue weighted by Crippen LogP contribution is -1.94. The van der Waals surface area contributed by atoms with Gasteiger partial charge in [-0.05, 0) is 44.5 Å². The zero-order valence-electron chi connectivity index (χ0n) is 10.4. The van der Waals surface area contributed by atoms with Gasteiger partial charge in [0.15, 0.2) is 0 Å². The molecule has 1 heterocycles. The highest BCUT2D eigenvalue weighted by Crippen LogP contribution is 2.28. The van der Waals surface area contributed by atoms with E-state index >= 15 is 0 Å². The fourth-order valence-electron chi connectivity index (χ4n) is 1.82. The van der Waals surface area contributed by atoms with E-state index in [1.54, 1.807) is 0 Å². The van der Waals surface area contributed by atoms with Crippen molar-refractivity contribution in [2.24, 2.45) is 0 Å². The van der Waals surface area contributed by atoms with Crippen molar-refractivity contribution >= 4 is 5.82 Å². The van der Waals surface area contributed by atoms with Gasteiger partial charge in [0.25, 0.3) is 0 Å². The largest absolute Gasteiger partial charge is 0.494 e. The summed E-state index contributed by atoms with van der Waals surface area (Å²) in [5.74, 6) is 1.47. The molecule has 0 saturated heterocycles. The van der Waals surface area contributed by atoms with Gasteiger partial charge in [0, 0.05) is 11.1 Å². The summed E-state index contributed by atoms with van der Waals surface area (Å²) in [5, 5.41) is 6.96. The maximum absolute atomic E-state index is 5.73. The number of H-pyrrole nitrogens is 1. The number of benzene rings is 1. The number of rotatable bonds is 3. The summed E-state index contributed by atoms with van der Waals surface area (Å²) in [6, 6.07) is 6.06. The molecule has 4 nitrogen and oxygen atoms in total. The Labute approximate surface area is 101 Å². The number of aromatic nitrogens is 2. The quantitative estimate of drug-likeness (QED) is 0.853. The molecule has 2 aromatic rings. The van der Waals surface area contributed by atoms with Gasteiger partial charge in [0.05, 0.1) is 12.3 Å². The van der Waals surface area contributed by atoms with E-state index in [1.807, 2.05) is 32.9 Å². The molecule has 0 fully saturated rings. The average molecular weight is 231 g/mol. The minimum Gasteiger partial charge on any atom is -0.494 e. The standard InChI is InChI=1S/C13H17N3O/c1-4-17-11-6-5-10(7-8(11)2)12-9(3)13(14)16-15-12/h5-7H,4H2,1-3H3,(H3,14,15,16). The summed E-state index contributed by atoms with van der Waals surface area (Å²) in [5.41, 5.74) is 9.86. The fourth-order valence-corrected chi connectivity index (χ4v) is 1.82. The third-order valence-corrected chi connectivity index (χ3v) is 2.81. The van der Waals surface area contributed by atoms with E-state index in [-0.39, 0.29) is 0 Å². The molecule has 2 rings (SSSR count). The molecule has 17 heavy (non-hydrogen) atoms. The first-order chi connectivity index (χ1) is 8.13. The van der Waals surface area contributed by atoms with E-state index in [4.69, 9.17) is 10.5 Å². The van der Waals surface area contributed by atoms with Gasteiger partial charge in [-0.2, -0.15) is 5.10 Å². The maximum Gasteiger partial charge on any atom is 0.148 e. The van der Waals surface area contributed by atoms with Crippen LogP contribution in [-0.2, 0) is 0 Å². The Morgan fingerprint density at radius 2 is 2.12 bits per heavy atom.